The second-order valence-electron chi connectivity index (χ2n) is 11.7. The molecule has 0 radical (unpaired) electrons. The number of hydrogen-bond donors (Lipinski definition) is 0. The molecule has 5 aromatic carbocycles. The molecule has 0 fully saturated rings. The van der Waals surface area contributed by atoms with Crippen molar-refractivity contribution in [1.82, 2.24) is 39.0 Å². The Bertz CT molecular complexity index is 2850. The maximum Gasteiger partial charge on any atom is 0.157 e. The lowest BCUT2D eigenvalue weighted by Gasteiger charge is -2.14. The third-order valence-electron chi connectivity index (χ3n) is 9.22. The molecule has 0 saturated heterocycles. The van der Waals surface area contributed by atoms with Gasteiger partial charge in [-0.1, -0.05) is 54.6 Å². The molecule has 0 bridgehead atoms. The standard InChI is InChI=1S/C38H24N8/c1-21-9-8-13-25-27-19-26-24-12-6-7-14-28(24)45(23-10-4-3-5-11-23)37(26)22(2)38(27)46(36(21)25)29-20-43-34-32-30(39-15-16-41-32)31-33(35(34)44-29)42-18-17-40-31/h3-20H,1-2H3. The van der Waals surface area contributed by atoms with E-state index >= 15 is 0 Å². The molecule has 8 heteroatoms. The molecule has 0 aliphatic rings. The number of fused-ring (bicyclic) bond motifs is 12. The fourth-order valence-electron chi connectivity index (χ4n) is 7.36. The van der Waals surface area contributed by atoms with Crippen LogP contribution >= 0.6 is 0 Å². The second kappa shape index (κ2) is 9.12. The van der Waals surface area contributed by atoms with Gasteiger partial charge in [0, 0.05) is 52.0 Å². The zero-order valence-corrected chi connectivity index (χ0v) is 25.0. The van der Waals surface area contributed by atoms with Crippen molar-refractivity contribution in [2.45, 2.75) is 13.8 Å². The monoisotopic (exact) mass is 592 g/mol. The van der Waals surface area contributed by atoms with E-state index in [1.165, 1.54) is 38.1 Å². The van der Waals surface area contributed by atoms with E-state index < -0.39 is 0 Å². The quantitative estimate of drug-likeness (QED) is 0.188. The van der Waals surface area contributed by atoms with E-state index in [2.05, 4.69) is 117 Å². The van der Waals surface area contributed by atoms with Gasteiger partial charge in [0.25, 0.3) is 0 Å². The van der Waals surface area contributed by atoms with Crippen LogP contribution in [-0.4, -0.2) is 39.0 Å². The van der Waals surface area contributed by atoms with Crippen LogP contribution in [-0.2, 0) is 0 Å². The lowest BCUT2D eigenvalue weighted by atomic mass is 10.0. The molecule has 0 amide bonds. The van der Waals surface area contributed by atoms with Gasteiger partial charge in [0.15, 0.2) is 5.82 Å². The Morgan fingerprint density at radius 2 is 1.07 bits per heavy atom. The normalized spacial score (nSPS) is 12.1. The predicted molar refractivity (Wildman–Crippen MR) is 184 cm³/mol. The van der Waals surface area contributed by atoms with Crippen LogP contribution in [0.25, 0.3) is 88.2 Å². The average Bonchev–Trinajstić information content (AvgIpc) is 3.63. The van der Waals surface area contributed by atoms with Crippen LogP contribution < -0.4 is 0 Å². The van der Waals surface area contributed by atoms with Crippen molar-refractivity contribution in [3.05, 3.63) is 121 Å². The summed E-state index contributed by atoms with van der Waals surface area (Å²) >= 11 is 0. The van der Waals surface area contributed by atoms with Crippen molar-refractivity contribution in [2.75, 3.05) is 0 Å². The minimum atomic E-state index is 0.648. The molecule has 8 nitrogen and oxygen atoms in total. The lowest BCUT2D eigenvalue weighted by molar-refractivity contribution is 1.06. The highest BCUT2D eigenvalue weighted by atomic mass is 15.1. The molecule has 0 N–H and O–H groups in total. The molecule has 216 valence electrons. The van der Waals surface area contributed by atoms with Gasteiger partial charge in [-0.25, -0.2) is 9.97 Å². The van der Waals surface area contributed by atoms with Crippen molar-refractivity contribution in [2.24, 2.45) is 0 Å². The third-order valence-corrected chi connectivity index (χ3v) is 9.22. The molecule has 5 heterocycles. The van der Waals surface area contributed by atoms with Crippen molar-refractivity contribution in [1.29, 1.82) is 0 Å². The molecule has 0 aliphatic heterocycles. The minimum absolute atomic E-state index is 0.648. The second-order valence-corrected chi connectivity index (χ2v) is 11.7. The zero-order chi connectivity index (χ0) is 30.5. The Morgan fingerprint density at radius 1 is 0.478 bits per heavy atom. The largest absolute Gasteiger partial charge is 0.309 e. The van der Waals surface area contributed by atoms with Gasteiger partial charge >= 0.3 is 0 Å². The van der Waals surface area contributed by atoms with Crippen molar-refractivity contribution < 1.29 is 0 Å². The molecule has 10 aromatic rings. The molecule has 0 saturated carbocycles. The molecule has 0 unspecified atom stereocenters. The van der Waals surface area contributed by atoms with Crippen LogP contribution in [0.1, 0.15) is 11.1 Å². The van der Waals surface area contributed by atoms with Gasteiger partial charge in [0.2, 0.25) is 0 Å². The van der Waals surface area contributed by atoms with E-state index in [9.17, 15) is 0 Å². The molecule has 10 rings (SSSR count). The number of nitrogens with zero attached hydrogens (tertiary/aromatic N) is 8. The van der Waals surface area contributed by atoms with E-state index in [-0.39, 0.29) is 0 Å². The summed E-state index contributed by atoms with van der Waals surface area (Å²) in [6.07, 6.45) is 8.56. The van der Waals surface area contributed by atoms with Crippen LogP contribution in [0.2, 0.25) is 0 Å². The predicted octanol–water partition coefficient (Wildman–Crippen LogP) is 8.33. The maximum absolute atomic E-state index is 5.31. The number of aryl methyl sites for hydroxylation is 2. The first-order valence-corrected chi connectivity index (χ1v) is 15.2. The maximum atomic E-state index is 5.31. The van der Waals surface area contributed by atoms with E-state index in [0.29, 0.717) is 38.9 Å². The highest BCUT2D eigenvalue weighted by Crippen LogP contribution is 2.42. The van der Waals surface area contributed by atoms with E-state index in [1.807, 2.05) is 6.20 Å². The molecule has 0 atom stereocenters. The first kappa shape index (κ1) is 25.1. The fraction of sp³-hybridized carbons (Fsp3) is 0.0526. The van der Waals surface area contributed by atoms with Crippen molar-refractivity contribution in [3.8, 4) is 11.5 Å². The summed E-state index contributed by atoms with van der Waals surface area (Å²) in [6, 6.07) is 28.1. The summed E-state index contributed by atoms with van der Waals surface area (Å²) in [6.45, 7) is 4.39. The third kappa shape index (κ3) is 3.22. The van der Waals surface area contributed by atoms with Crippen LogP contribution in [0, 0.1) is 13.8 Å². The van der Waals surface area contributed by atoms with E-state index in [0.717, 1.165) is 22.3 Å². The van der Waals surface area contributed by atoms with Gasteiger partial charge in [-0.3, -0.25) is 24.5 Å². The smallest absolute Gasteiger partial charge is 0.157 e. The lowest BCUT2D eigenvalue weighted by Crippen LogP contribution is -2.04. The van der Waals surface area contributed by atoms with E-state index in [1.54, 1.807) is 24.8 Å². The molecular formula is C38H24N8. The number of hydrogen-bond acceptors (Lipinski definition) is 6. The first-order chi connectivity index (χ1) is 22.7. The Hall–Kier alpha value is -6.28. The summed E-state index contributed by atoms with van der Waals surface area (Å²) in [7, 11) is 0. The summed E-state index contributed by atoms with van der Waals surface area (Å²) in [4.78, 5) is 28.8. The topological polar surface area (TPSA) is 87.2 Å². The molecular weight excluding hydrogens is 568 g/mol. The number of benzene rings is 5. The SMILES string of the molecule is Cc1cccc2c3cc4c5ccccc5n(-c5ccccc5)c4c(C)c3n(-c3cnc4c5nccnc5c5nccnc5c4n3)c12. The number of aromatic nitrogens is 8. The molecule has 0 aliphatic carbocycles. The van der Waals surface area contributed by atoms with Gasteiger partial charge in [-0.2, -0.15) is 0 Å². The average molecular weight is 593 g/mol. The first-order valence-electron chi connectivity index (χ1n) is 15.2. The van der Waals surface area contributed by atoms with Crippen molar-refractivity contribution >= 4 is 76.7 Å². The highest BCUT2D eigenvalue weighted by molar-refractivity contribution is 6.22. The Kier molecular flexibility index (Phi) is 4.97. The van der Waals surface area contributed by atoms with Gasteiger partial charge in [0.1, 0.15) is 33.1 Å². The molecule has 5 aromatic heterocycles. The van der Waals surface area contributed by atoms with Crippen molar-refractivity contribution in [3.63, 3.8) is 0 Å². The van der Waals surface area contributed by atoms with Crippen LogP contribution in [0.3, 0.4) is 0 Å². The summed E-state index contributed by atoms with van der Waals surface area (Å²) in [5.41, 5.74) is 11.9. The fourth-order valence-corrected chi connectivity index (χ4v) is 7.36. The zero-order valence-electron chi connectivity index (χ0n) is 25.0. The highest BCUT2D eigenvalue weighted by Gasteiger charge is 2.24. The summed E-state index contributed by atoms with van der Waals surface area (Å²) < 4.78 is 4.66. The van der Waals surface area contributed by atoms with Gasteiger partial charge in [-0.15, -0.1) is 0 Å². The van der Waals surface area contributed by atoms with Crippen LogP contribution in [0.4, 0.5) is 0 Å². The van der Waals surface area contributed by atoms with E-state index in [4.69, 9.17) is 15.0 Å². The van der Waals surface area contributed by atoms with Crippen LogP contribution in [0.15, 0.2) is 110 Å². The van der Waals surface area contributed by atoms with Gasteiger partial charge < -0.3 is 4.57 Å². The Morgan fingerprint density at radius 3 is 1.80 bits per heavy atom. The minimum Gasteiger partial charge on any atom is -0.309 e. The Balaban J connectivity index is 1.40. The summed E-state index contributed by atoms with van der Waals surface area (Å²) in [5, 5.41) is 4.80. The Labute approximate surface area is 261 Å². The number of para-hydroxylation sites is 3. The molecule has 46 heavy (non-hydrogen) atoms. The van der Waals surface area contributed by atoms with Crippen LogP contribution in [0.5, 0.6) is 0 Å². The summed E-state index contributed by atoms with van der Waals surface area (Å²) in [5.74, 6) is 0.710. The van der Waals surface area contributed by atoms with Gasteiger partial charge in [-0.05, 0) is 49.2 Å². The molecule has 0 spiro atoms. The van der Waals surface area contributed by atoms with Gasteiger partial charge in [0.05, 0.1) is 28.3 Å². The number of rotatable bonds is 2.